The number of carbonyl (C=O) groups is 2. The van der Waals surface area contributed by atoms with Gasteiger partial charge in [-0.2, -0.15) is 0 Å². The van der Waals surface area contributed by atoms with Crippen molar-refractivity contribution < 1.29 is 32.6 Å². The van der Waals surface area contributed by atoms with Crippen LogP contribution in [-0.2, 0) is 11.2 Å². The maximum atomic E-state index is 13.2. The molecule has 1 unspecified atom stereocenters. The normalized spacial score (nSPS) is 14.3. The maximum absolute atomic E-state index is 13.2. The number of ketones is 1. The van der Waals surface area contributed by atoms with E-state index in [9.17, 15) is 27.6 Å². The number of nitrogens with zero attached hydrogens (tertiary/aromatic N) is 1. The van der Waals surface area contributed by atoms with Crippen LogP contribution in [0, 0.1) is 5.92 Å². The van der Waals surface area contributed by atoms with E-state index in [2.05, 4.69) is 4.74 Å². The number of carboxylic acid groups (broad SMARTS) is 1. The lowest BCUT2D eigenvalue weighted by Gasteiger charge is -2.20. The highest BCUT2D eigenvalue weighted by Gasteiger charge is 2.33. The smallest absolute Gasteiger partial charge is 0.478 e. The van der Waals surface area contributed by atoms with Crippen LogP contribution in [0.15, 0.2) is 65.6 Å². The second-order valence-electron chi connectivity index (χ2n) is 8.69. The summed E-state index contributed by atoms with van der Waals surface area (Å²) in [6, 6.07) is 11.4. The van der Waals surface area contributed by atoms with E-state index < -0.39 is 29.7 Å². The van der Waals surface area contributed by atoms with E-state index in [1.54, 1.807) is 12.1 Å². The summed E-state index contributed by atoms with van der Waals surface area (Å²) in [6.45, 7) is 0. The van der Waals surface area contributed by atoms with Crippen LogP contribution in [0.3, 0.4) is 0 Å². The molecule has 1 saturated carbocycles. The lowest BCUT2D eigenvalue weighted by Crippen LogP contribution is -2.30. The predicted octanol–water partition coefficient (Wildman–Crippen LogP) is 5.92. The van der Waals surface area contributed by atoms with Gasteiger partial charge in [0.15, 0.2) is 5.78 Å². The second kappa shape index (κ2) is 10.2. The van der Waals surface area contributed by atoms with E-state index in [1.165, 1.54) is 41.1 Å². The summed E-state index contributed by atoms with van der Waals surface area (Å²) < 4.78 is 44.0. The summed E-state index contributed by atoms with van der Waals surface area (Å²) in [6.07, 6.45) is -1.17. The van der Waals surface area contributed by atoms with Crippen LogP contribution in [0.1, 0.15) is 41.2 Å². The summed E-state index contributed by atoms with van der Waals surface area (Å²) >= 11 is 5.97. The van der Waals surface area contributed by atoms with E-state index in [0.29, 0.717) is 17.9 Å². The number of hydrogen-bond donors (Lipinski definition) is 1. The molecule has 10 heteroatoms. The van der Waals surface area contributed by atoms with Crippen LogP contribution in [0.4, 0.5) is 13.2 Å². The summed E-state index contributed by atoms with van der Waals surface area (Å²) in [4.78, 5) is 37.3. The third-order valence-electron chi connectivity index (χ3n) is 5.97. The number of aromatic carboxylic acids is 1. The number of aromatic nitrogens is 1. The van der Waals surface area contributed by atoms with Gasteiger partial charge in [-0.15, -0.1) is 13.2 Å². The van der Waals surface area contributed by atoms with Crippen LogP contribution in [0.25, 0.3) is 11.1 Å². The van der Waals surface area contributed by atoms with Gasteiger partial charge in [0, 0.05) is 29.3 Å². The van der Waals surface area contributed by atoms with Crippen molar-refractivity contribution in [3.05, 3.63) is 87.3 Å². The zero-order valence-corrected chi connectivity index (χ0v) is 19.6. The average molecular weight is 520 g/mol. The molecule has 1 aliphatic carbocycles. The summed E-state index contributed by atoms with van der Waals surface area (Å²) in [5, 5.41) is 9.21. The van der Waals surface area contributed by atoms with Gasteiger partial charge in [0.2, 0.25) is 0 Å². The number of halogens is 4. The first-order chi connectivity index (χ1) is 17.0. The molecule has 1 fully saturated rings. The maximum Gasteiger partial charge on any atom is 0.573 e. The Kier molecular flexibility index (Phi) is 7.21. The predicted molar refractivity (Wildman–Crippen MR) is 126 cm³/mol. The van der Waals surface area contributed by atoms with E-state index in [-0.39, 0.29) is 33.9 Å². The molecule has 3 aromatic rings. The lowest BCUT2D eigenvalue weighted by molar-refractivity contribution is -0.274. The number of Topliss-reactive ketones (excluding diaryl/α,β-unsaturated/α-hetero) is 1. The van der Waals surface area contributed by atoms with Crippen molar-refractivity contribution in [3.8, 4) is 16.9 Å². The molecule has 188 valence electrons. The van der Waals surface area contributed by atoms with E-state index in [0.717, 1.165) is 25.0 Å². The molecule has 1 N–H and O–H groups in total. The van der Waals surface area contributed by atoms with Gasteiger partial charge in [-0.3, -0.25) is 9.59 Å². The van der Waals surface area contributed by atoms with Crippen molar-refractivity contribution in [2.24, 2.45) is 5.92 Å². The van der Waals surface area contributed by atoms with Crippen molar-refractivity contribution in [1.82, 2.24) is 4.57 Å². The highest BCUT2D eigenvalue weighted by Crippen LogP contribution is 2.38. The van der Waals surface area contributed by atoms with Crippen molar-refractivity contribution in [1.29, 1.82) is 0 Å². The Morgan fingerprint density at radius 1 is 1.08 bits per heavy atom. The van der Waals surface area contributed by atoms with Crippen LogP contribution in [0.5, 0.6) is 5.75 Å². The first-order valence-corrected chi connectivity index (χ1v) is 11.5. The molecule has 36 heavy (non-hydrogen) atoms. The van der Waals surface area contributed by atoms with E-state index >= 15 is 0 Å². The van der Waals surface area contributed by atoms with E-state index in [1.807, 2.05) is 0 Å². The molecule has 6 nitrogen and oxygen atoms in total. The first-order valence-electron chi connectivity index (χ1n) is 11.1. The molecule has 0 amide bonds. The highest BCUT2D eigenvalue weighted by atomic mass is 35.5. The fraction of sp³-hybridized carbons (Fsp3) is 0.269. The van der Waals surface area contributed by atoms with Gasteiger partial charge < -0.3 is 14.4 Å². The van der Waals surface area contributed by atoms with Gasteiger partial charge in [0.25, 0.3) is 5.56 Å². The Hall–Kier alpha value is -3.59. The minimum Gasteiger partial charge on any atom is -0.478 e. The average Bonchev–Trinajstić information content (AvgIpc) is 3.62. The summed E-state index contributed by atoms with van der Waals surface area (Å²) in [5.74, 6) is -1.49. The number of benzene rings is 2. The van der Waals surface area contributed by atoms with Gasteiger partial charge in [-0.1, -0.05) is 36.6 Å². The molecule has 2 aromatic carbocycles. The van der Waals surface area contributed by atoms with Gasteiger partial charge >= 0.3 is 12.3 Å². The van der Waals surface area contributed by atoms with Crippen molar-refractivity contribution in [2.45, 2.75) is 38.1 Å². The summed E-state index contributed by atoms with van der Waals surface area (Å²) in [7, 11) is 0. The molecule has 0 spiro atoms. The first kappa shape index (κ1) is 25.5. The minimum absolute atomic E-state index is 0.00331. The van der Waals surface area contributed by atoms with Gasteiger partial charge in [0.1, 0.15) is 5.75 Å². The third-order valence-corrected chi connectivity index (χ3v) is 6.20. The minimum atomic E-state index is -4.93. The lowest BCUT2D eigenvalue weighted by atomic mass is 9.98. The fourth-order valence-electron chi connectivity index (χ4n) is 4.01. The van der Waals surface area contributed by atoms with Crippen LogP contribution < -0.4 is 10.3 Å². The number of ether oxygens (including phenoxy) is 1. The van der Waals surface area contributed by atoms with Gasteiger partial charge in [-0.05, 0) is 59.9 Å². The zero-order chi connectivity index (χ0) is 26.0. The number of rotatable bonds is 9. The molecular formula is C26H21ClF3NO5. The Labute approximate surface area is 208 Å². The SMILES string of the molecule is O=C(O)c1ccc(CC(=O)C(CC2CC2)n2ccc(-c3cc(Cl)ccc3OC(F)(F)F)cc2=O)cc1. The van der Waals surface area contributed by atoms with Crippen LogP contribution >= 0.6 is 11.6 Å². The van der Waals surface area contributed by atoms with E-state index in [4.69, 9.17) is 16.7 Å². The Morgan fingerprint density at radius 2 is 1.78 bits per heavy atom. The molecule has 0 aliphatic heterocycles. The van der Waals surface area contributed by atoms with Crippen molar-refractivity contribution in [2.75, 3.05) is 0 Å². The molecule has 0 saturated heterocycles. The number of carboxylic acids is 1. The molecule has 0 bridgehead atoms. The van der Waals surface area contributed by atoms with Crippen molar-refractivity contribution >= 4 is 23.4 Å². The second-order valence-corrected chi connectivity index (χ2v) is 9.13. The number of alkyl halides is 3. The third kappa shape index (κ3) is 6.34. The fourth-order valence-corrected chi connectivity index (χ4v) is 4.18. The molecule has 1 aliphatic rings. The van der Waals surface area contributed by atoms with Gasteiger partial charge in [-0.25, -0.2) is 4.79 Å². The number of carbonyl (C=O) groups excluding carboxylic acids is 1. The van der Waals surface area contributed by atoms with Crippen LogP contribution in [-0.4, -0.2) is 27.8 Å². The molecule has 1 atom stereocenters. The molecule has 1 heterocycles. The van der Waals surface area contributed by atoms with Crippen LogP contribution in [0.2, 0.25) is 5.02 Å². The molecular weight excluding hydrogens is 499 g/mol. The summed E-state index contributed by atoms with van der Waals surface area (Å²) in [5.41, 5.74) is 0.323. The standard InChI is InChI=1S/C26H21ClF3NO5/c27-19-7-8-23(36-26(28,29)30)20(14-19)18-9-10-31(24(33)13-18)21(11-15-1-2-15)22(32)12-16-3-5-17(6-4-16)25(34)35/h3-10,13-15,21H,1-2,11-12H2,(H,34,35). The largest absolute Gasteiger partial charge is 0.573 e. The highest BCUT2D eigenvalue weighted by molar-refractivity contribution is 6.31. The Morgan fingerprint density at radius 3 is 2.36 bits per heavy atom. The van der Waals surface area contributed by atoms with Crippen molar-refractivity contribution in [3.63, 3.8) is 0 Å². The topological polar surface area (TPSA) is 85.6 Å². The molecule has 1 aromatic heterocycles. The quantitative estimate of drug-likeness (QED) is 0.379. The Bertz CT molecular complexity index is 1350. The zero-order valence-electron chi connectivity index (χ0n) is 18.8. The Balaban J connectivity index is 1.63. The molecule has 4 rings (SSSR count). The van der Waals surface area contributed by atoms with Gasteiger partial charge in [0.05, 0.1) is 11.6 Å². The molecule has 0 radical (unpaired) electrons. The number of pyridine rings is 1. The number of hydrogen-bond acceptors (Lipinski definition) is 4. The monoisotopic (exact) mass is 519 g/mol.